The Morgan fingerprint density at radius 1 is 1.14 bits per heavy atom. The SMILES string of the molecule is COc1ccc([C@H]2CCCN2C(=O)Nc2ccc(N3CCOCC3)nc2)cc1. The summed E-state index contributed by atoms with van der Waals surface area (Å²) in [7, 11) is 1.66. The maximum Gasteiger partial charge on any atom is 0.322 e. The first-order valence-corrected chi connectivity index (χ1v) is 9.75. The van der Waals surface area contributed by atoms with Gasteiger partial charge in [0.25, 0.3) is 0 Å². The van der Waals surface area contributed by atoms with Gasteiger partial charge in [0, 0.05) is 19.6 Å². The molecule has 1 N–H and O–H groups in total. The fraction of sp³-hybridized carbons (Fsp3) is 0.429. The van der Waals surface area contributed by atoms with Gasteiger partial charge in [-0.25, -0.2) is 9.78 Å². The molecule has 0 saturated carbocycles. The quantitative estimate of drug-likeness (QED) is 0.879. The van der Waals surface area contributed by atoms with Crippen LogP contribution < -0.4 is 15.0 Å². The summed E-state index contributed by atoms with van der Waals surface area (Å²) in [5.74, 6) is 1.74. The van der Waals surface area contributed by atoms with Crippen molar-refractivity contribution in [2.45, 2.75) is 18.9 Å². The molecule has 2 aliphatic heterocycles. The summed E-state index contributed by atoms with van der Waals surface area (Å²) < 4.78 is 10.6. The van der Waals surface area contributed by atoms with Crippen LogP contribution in [0, 0.1) is 0 Å². The van der Waals surface area contributed by atoms with Gasteiger partial charge in [-0.1, -0.05) is 12.1 Å². The van der Waals surface area contributed by atoms with Crippen LogP contribution in [0.4, 0.5) is 16.3 Å². The zero-order valence-corrected chi connectivity index (χ0v) is 16.1. The van der Waals surface area contributed by atoms with E-state index in [1.807, 2.05) is 41.3 Å². The Morgan fingerprint density at radius 2 is 1.93 bits per heavy atom. The van der Waals surface area contributed by atoms with Crippen molar-refractivity contribution in [1.82, 2.24) is 9.88 Å². The van der Waals surface area contributed by atoms with Crippen LogP contribution in [0.25, 0.3) is 0 Å². The average Bonchev–Trinajstić information content (AvgIpc) is 3.25. The van der Waals surface area contributed by atoms with Crippen LogP contribution in [-0.2, 0) is 4.74 Å². The first-order chi connectivity index (χ1) is 13.7. The number of benzene rings is 1. The van der Waals surface area contributed by atoms with E-state index in [0.29, 0.717) is 5.69 Å². The van der Waals surface area contributed by atoms with Gasteiger partial charge in [0.1, 0.15) is 11.6 Å². The van der Waals surface area contributed by atoms with Crippen LogP contribution in [0.15, 0.2) is 42.6 Å². The lowest BCUT2D eigenvalue weighted by molar-refractivity contribution is 0.122. The van der Waals surface area contributed by atoms with E-state index in [4.69, 9.17) is 9.47 Å². The largest absolute Gasteiger partial charge is 0.497 e. The smallest absolute Gasteiger partial charge is 0.322 e. The monoisotopic (exact) mass is 382 g/mol. The van der Waals surface area contributed by atoms with Gasteiger partial charge < -0.3 is 24.6 Å². The number of methoxy groups -OCH3 is 1. The van der Waals surface area contributed by atoms with Crippen molar-refractivity contribution in [1.29, 1.82) is 0 Å². The summed E-state index contributed by atoms with van der Waals surface area (Å²) in [5, 5.41) is 2.99. The van der Waals surface area contributed by atoms with Crippen LogP contribution in [0.5, 0.6) is 5.75 Å². The molecule has 1 aromatic heterocycles. The highest BCUT2D eigenvalue weighted by Gasteiger charge is 2.30. The topological polar surface area (TPSA) is 66.9 Å². The normalized spacial score (nSPS) is 19.5. The molecule has 0 aliphatic carbocycles. The molecule has 3 heterocycles. The molecule has 1 atom stereocenters. The molecule has 0 spiro atoms. The van der Waals surface area contributed by atoms with Gasteiger partial charge in [0.2, 0.25) is 0 Å². The zero-order chi connectivity index (χ0) is 19.3. The second-order valence-electron chi connectivity index (χ2n) is 7.06. The highest BCUT2D eigenvalue weighted by Crippen LogP contribution is 2.33. The molecule has 1 aromatic carbocycles. The fourth-order valence-electron chi connectivity index (χ4n) is 3.82. The third-order valence-corrected chi connectivity index (χ3v) is 5.35. The summed E-state index contributed by atoms with van der Waals surface area (Å²) in [5.41, 5.74) is 1.84. The highest BCUT2D eigenvalue weighted by molar-refractivity contribution is 5.89. The van der Waals surface area contributed by atoms with Crippen molar-refractivity contribution in [3.63, 3.8) is 0 Å². The van der Waals surface area contributed by atoms with Crippen molar-refractivity contribution >= 4 is 17.5 Å². The summed E-state index contributed by atoms with van der Waals surface area (Å²) in [6.45, 7) is 3.89. The number of carbonyl (C=O) groups excluding carboxylic acids is 1. The first kappa shape index (κ1) is 18.6. The molecule has 28 heavy (non-hydrogen) atoms. The zero-order valence-electron chi connectivity index (χ0n) is 16.1. The number of ether oxygens (including phenoxy) is 2. The summed E-state index contributed by atoms with van der Waals surface area (Å²) in [4.78, 5) is 21.4. The van der Waals surface area contributed by atoms with E-state index in [-0.39, 0.29) is 12.1 Å². The maximum atomic E-state index is 12.8. The van der Waals surface area contributed by atoms with Crippen LogP contribution in [0.2, 0.25) is 0 Å². The molecule has 2 aliphatic rings. The molecule has 148 valence electrons. The molecular formula is C21H26N4O3. The molecule has 7 nitrogen and oxygen atoms in total. The third-order valence-electron chi connectivity index (χ3n) is 5.35. The summed E-state index contributed by atoms with van der Waals surface area (Å²) in [6, 6.07) is 11.8. The number of nitrogens with zero attached hydrogens (tertiary/aromatic N) is 3. The van der Waals surface area contributed by atoms with Crippen molar-refractivity contribution in [3.05, 3.63) is 48.2 Å². The van der Waals surface area contributed by atoms with Crippen LogP contribution in [0.3, 0.4) is 0 Å². The minimum atomic E-state index is -0.0840. The van der Waals surface area contributed by atoms with Crippen LogP contribution >= 0.6 is 0 Å². The van der Waals surface area contributed by atoms with Crippen LogP contribution in [-0.4, -0.2) is 55.9 Å². The average molecular weight is 382 g/mol. The number of morpholine rings is 1. The lowest BCUT2D eigenvalue weighted by Gasteiger charge is -2.28. The number of likely N-dealkylation sites (tertiary alicyclic amines) is 1. The molecule has 7 heteroatoms. The molecule has 2 fully saturated rings. The lowest BCUT2D eigenvalue weighted by Crippen LogP contribution is -2.36. The van der Waals surface area contributed by atoms with E-state index >= 15 is 0 Å². The Bertz CT molecular complexity index is 788. The van der Waals surface area contributed by atoms with Crippen molar-refractivity contribution in [2.75, 3.05) is 50.2 Å². The second-order valence-corrected chi connectivity index (χ2v) is 7.06. The Kier molecular flexibility index (Phi) is 5.62. The van der Waals surface area contributed by atoms with Crippen molar-refractivity contribution in [3.8, 4) is 5.75 Å². The van der Waals surface area contributed by atoms with E-state index in [1.165, 1.54) is 0 Å². The van der Waals surface area contributed by atoms with E-state index in [1.54, 1.807) is 13.3 Å². The van der Waals surface area contributed by atoms with Gasteiger partial charge in [0.15, 0.2) is 0 Å². The Balaban J connectivity index is 1.40. The van der Waals surface area contributed by atoms with Crippen molar-refractivity contribution < 1.29 is 14.3 Å². The van der Waals surface area contributed by atoms with Gasteiger partial charge in [-0.05, 0) is 42.7 Å². The predicted octanol–water partition coefficient (Wildman–Crippen LogP) is 3.30. The van der Waals surface area contributed by atoms with Gasteiger partial charge in [-0.15, -0.1) is 0 Å². The number of pyridine rings is 1. The molecule has 0 unspecified atom stereocenters. The maximum absolute atomic E-state index is 12.8. The van der Waals surface area contributed by atoms with E-state index < -0.39 is 0 Å². The standard InChI is InChI=1S/C21H26N4O3/c1-27-18-7-4-16(5-8-18)19-3-2-10-25(19)21(26)23-17-6-9-20(22-15-17)24-11-13-28-14-12-24/h4-9,15,19H,2-3,10-14H2,1H3,(H,23,26)/t19-/m1/s1. The lowest BCUT2D eigenvalue weighted by atomic mass is 10.0. The molecule has 2 saturated heterocycles. The van der Waals surface area contributed by atoms with Crippen molar-refractivity contribution in [2.24, 2.45) is 0 Å². The fourth-order valence-corrected chi connectivity index (χ4v) is 3.82. The number of anilines is 2. The third kappa shape index (κ3) is 4.04. The van der Waals surface area contributed by atoms with E-state index in [2.05, 4.69) is 15.2 Å². The highest BCUT2D eigenvalue weighted by atomic mass is 16.5. The number of nitrogens with one attached hydrogen (secondary N) is 1. The van der Waals surface area contributed by atoms with Gasteiger partial charge >= 0.3 is 6.03 Å². The minimum Gasteiger partial charge on any atom is -0.497 e. The summed E-state index contributed by atoms with van der Waals surface area (Å²) in [6.07, 6.45) is 3.69. The Hall–Kier alpha value is -2.80. The van der Waals surface area contributed by atoms with E-state index in [0.717, 1.165) is 62.8 Å². The number of carbonyl (C=O) groups is 1. The Labute approximate surface area is 165 Å². The number of aromatic nitrogens is 1. The number of hydrogen-bond donors (Lipinski definition) is 1. The number of rotatable bonds is 4. The van der Waals surface area contributed by atoms with E-state index in [9.17, 15) is 4.79 Å². The molecule has 4 rings (SSSR count). The predicted molar refractivity (Wildman–Crippen MR) is 108 cm³/mol. The van der Waals surface area contributed by atoms with Gasteiger partial charge in [-0.2, -0.15) is 0 Å². The molecule has 0 radical (unpaired) electrons. The van der Waals surface area contributed by atoms with Gasteiger partial charge in [0.05, 0.1) is 38.2 Å². The Morgan fingerprint density at radius 3 is 2.61 bits per heavy atom. The molecular weight excluding hydrogens is 356 g/mol. The minimum absolute atomic E-state index is 0.0840. The summed E-state index contributed by atoms with van der Waals surface area (Å²) >= 11 is 0. The van der Waals surface area contributed by atoms with Gasteiger partial charge in [-0.3, -0.25) is 0 Å². The second kappa shape index (κ2) is 8.48. The first-order valence-electron chi connectivity index (χ1n) is 9.75. The number of amides is 2. The molecule has 2 amide bonds. The number of hydrogen-bond acceptors (Lipinski definition) is 5. The van der Waals surface area contributed by atoms with Crippen LogP contribution in [0.1, 0.15) is 24.4 Å². The molecule has 2 aromatic rings. The number of urea groups is 1. The molecule has 0 bridgehead atoms.